The summed E-state index contributed by atoms with van der Waals surface area (Å²) >= 11 is 0. The SMILES string of the molecule is O=C(CCn1ccnn1)Nc1ccc2c(c1)CCN2. The number of aromatic nitrogens is 3. The number of nitrogens with zero attached hydrogens (tertiary/aromatic N) is 3. The fourth-order valence-electron chi connectivity index (χ4n) is 2.17. The summed E-state index contributed by atoms with van der Waals surface area (Å²) < 4.78 is 1.65. The molecule has 0 saturated carbocycles. The van der Waals surface area contributed by atoms with E-state index in [1.165, 1.54) is 11.3 Å². The van der Waals surface area contributed by atoms with Crippen molar-refractivity contribution in [3.8, 4) is 0 Å². The number of carbonyl (C=O) groups is 1. The van der Waals surface area contributed by atoms with Crippen LogP contribution in [0.5, 0.6) is 0 Å². The molecular weight excluding hydrogens is 242 g/mol. The van der Waals surface area contributed by atoms with E-state index in [0.717, 1.165) is 18.7 Å². The number of fused-ring (bicyclic) bond motifs is 1. The highest BCUT2D eigenvalue weighted by molar-refractivity contribution is 5.91. The maximum Gasteiger partial charge on any atom is 0.226 e. The Bertz CT molecular complexity index is 579. The number of aryl methyl sites for hydroxylation is 1. The predicted molar refractivity (Wildman–Crippen MR) is 71.9 cm³/mol. The largest absolute Gasteiger partial charge is 0.384 e. The summed E-state index contributed by atoms with van der Waals surface area (Å²) in [6, 6.07) is 5.96. The minimum absolute atomic E-state index is 0.0126. The van der Waals surface area contributed by atoms with Gasteiger partial charge in [0, 0.05) is 30.5 Å². The molecule has 0 bridgehead atoms. The van der Waals surface area contributed by atoms with Crippen molar-refractivity contribution >= 4 is 17.3 Å². The molecule has 1 aromatic heterocycles. The number of benzene rings is 1. The lowest BCUT2D eigenvalue weighted by molar-refractivity contribution is -0.116. The summed E-state index contributed by atoms with van der Waals surface area (Å²) in [7, 11) is 0. The molecule has 0 atom stereocenters. The van der Waals surface area contributed by atoms with Crippen LogP contribution in [0.2, 0.25) is 0 Å². The Morgan fingerprint density at radius 1 is 1.47 bits per heavy atom. The number of hydrogen-bond donors (Lipinski definition) is 2. The zero-order valence-corrected chi connectivity index (χ0v) is 10.5. The predicted octanol–water partition coefficient (Wildman–Crippen LogP) is 1.27. The lowest BCUT2D eigenvalue weighted by atomic mass is 10.1. The van der Waals surface area contributed by atoms with E-state index in [9.17, 15) is 4.79 Å². The van der Waals surface area contributed by atoms with E-state index < -0.39 is 0 Å². The minimum atomic E-state index is -0.0126. The third-order valence-electron chi connectivity index (χ3n) is 3.14. The van der Waals surface area contributed by atoms with Gasteiger partial charge in [-0.05, 0) is 30.2 Å². The van der Waals surface area contributed by atoms with Crippen LogP contribution in [0.25, 0.3) is 0 Å². The van der Waals surface area contributed by atoms with Crippen LogP contribution in [0, 0.1) is 0 Å². The zero-order valence-electron chi connectivity index (χ0n) is 10.5. The monoisotopic (exact) mass is 257 g/mol. The van der Waals surface area contributed by atoms with E-state index >= 15 is 0 Å². The van der Waals surface area contributed by atoms with Gasteiger partial charge in [0.25, 0.3) is 0 Å². The third kappa shape index (κ3) is 2.73. The van der Waals surface area contributed by atoms with Gasteiger partial charge in [-0.2, -0.15) is 0 Å². The van der Waals surface area contributed by atoms with E-state index in [-0.39, 0.29) is 5.91 Å². The van der Waals surface area contributed by atoms with Crippen LogP contribution in [0.3, 0.4) is 0 Å². The minimum Gasteiger partial charge on any atom is -0.384 e. The van der Waals surface area contributed by atoms with Gasteiger partial charge in [0.15, 0.2) is 0 Å². The van der Waals surface area contributed by atoms with Crippen molar-refractivity contribution in [3.63, 3.8) is 0 Å². The lowest BCUT2D eigenvalue weighted by Gasteiger charge is -2.07. The van der Waals surface area contributed by atoms with Gasteiger partial charge in [0.2, 0.25) is 5.91 Å². The van der Waals surface area contributed by atoms with Crippen LogP contribution in [0.1, 0.15) is 12.0 Å². The molecule has 6 nitrogen and oxygen atoms in total. The van der Waals surface area contributed by atoms with Gasteiger partial charge in [-0.3, -0.25) is 9.48 Å². The third-order valence-corrected chi connectivity index (χ3v) is 3.14. The first-order chi connectivity index (χ1) is 9.31. The first kappa shape index (κ1) is 11.7. The Balaban J connectivity index is 1.57. The first-order valence-corrected chi connectivity index (χ1v) is 6.32. The fraction of sp³-hybridized carbons (Fsp3) is 0.308. The highest BCUT2D eigenvalue weighted by Gasteiger charge is 2.11. The molecular formula is C13H15N5O. The molecule has 19 heavy (non-hydrogen) atoms. The summed E-state index contributed by atoms with van der Waals surface area (Å²) in [5.41, 5.74) is 3.28. The van der Waals surface area contributed by atoms with Gasteiger partial charge in [0.1, 0.15) is 0 Å². The molecule has 1 aliphatic heterocycles. The van der Waals surface area contributed by atoms with Crippen molar-refractivity contribution < 1.29 is 4.79 Å². The van der Waals surface area contributed by atoms with Gasteiger partial charge in [-0.25, -0.2) is 0 Å². The van der Waals surface area contributed by atoms with Crippen molar-refractivity contribution in [1.82, 2.24) is 15.0 Å². The molecule has 0 spiro atoms. The van der Waals surface area contributed by atoms with Crippen LogP contribution in [0.15, 0.2) is 30.6 Å². The van der Waals surface area contributed by atoms with Crippen LogP contribution in [0.4, 0.5) is 11.4 Å². The van der Waals surface area contributed by atoms with E-state index in [1.807, 2.05) is 18.2 Å². The van der Waals surface area contributed by atoms with E-state index in [2.05, 4.69) is 20.9 Å². The summed E-state index contributed by atoms with van der Waals surface area (Å²) in [5, 5.41) is 13.7. The average molecular weight is 257 g/mol. The normalized spacial score (nSPS) is 12.8. The molecule has 0 saturated heterocycles. The first-order valence-electron chi connectivity index (χ1n) is 6.32. The van der Waals surface area contributed by atoms with Crippen molar-refractivity contribution in [2.75, 3.05) is 17.2 Å². The van der Waals surface area contributed by atoms with Crippen molar-refractivity contribution in [2.24, 2.45) is 0 Å². The van der Waals surface area contributed by atoms with Crippen molar-refractivity contribution in [2.45, 2.75) is 19.4 Å². The molecule has 0 unspecified atom stereocenters. The molecule has 2 N–H and O–H groups in total. The van der Waals surface area contributed by atoms with Crippen molar-refractivity contribution in [1.29, 1.82) is 0 Å². The van der Waals surface area contributed by atoms with E-state index in [4.69, 9.17) is 0 Å². The molecule has 98 valence electrons. The van der Waals surface area contributed by atoms with Crippen LogP contribution >= 0.6 is 0 Å². The number of rotatable bonds is 4. The molecule has 1 aromatic carbocycles. The molecule has 6 heteroatoms. The number of anilines is 2. The van der Waals surface area contributed by atoms with Gasteiger partial charge in [-0.1, -0.05) is 5.21 Å². The second-order valence-corrected chi connectivity index (χ2v) is 4.51. The molecule has 2 heterocycles. The Hall–Kier alpha value is -2.37. The standard InChI is InChI=1S/C13H15N5O/c19-13(4-7-18-8-6-15-17-18)16-11-1-2-12-10(9-11)3-5-14-12/h1-2,6,8-9,14H,3-5,7H2,(H,16,19). The average Bonchev–Trinajstić information content (AvgIpc) is 3.07. The van der Waals surface area contributed by atoms with Gasteiger partial charge >= 0.3 is 0 Å². The Morgan fingerprint density at radius 2 is 2.42 bits per heavy atom. The van der Waals surface area contributed by atoms with Crippen LogP contribution in [-0.2, 0) is 17.8 Å². The maximum absolute atomic E-state index is 11.8. The quantitative estimate of drug-likeness (QED) is 0.865. The van der Waals surface area contributed by atoms with Crippen molar-refractivity contribution in [3.05, 3.63) is 36.2 Å². The zero-order chi connectivity index (χ0) is 13.1. The van der Waals surface area contributed by atoms with E-state index in [1.54, 1.807) is 17.1 Å². The molecule has 0 aliphatic carbocycles. The molecule has 1 amide bonds. The Kier molecular flexibility index (Phi) is 3.14. The summed E-state index contributed by atoms with van der Waals surface area (Å²) in [5.74, 6) is -0.0126. The van der Waals surface area contributed by atoms with Crippen LogP contribution in [-0.4, -0.2) is 27.4 Å². The Morgan fingerprint density at radius 3 is 3.26 bits per heavy atom. The summed E-state index contributed by atoms with van der Waals surface area (Å²) in [6.07, 6.45) is 4.75. The maximum atomic E-state index is 11.8. The van der Waals surface area contributed by atoms with Crippen LogP contribution < -0.4 is 10.6 Å². The molecule has 2 aromatic rings. The highest BCUT2D eigenvalue weighted by atomic mass is 16.1. The topological polar surface area (TPSA) is 71.8 Å². The molecule has 1 aliphatic rings. The smallest absolute Gasteiger partial charge is 0.226 e. The number of hydrogen-bond acceptors (Lipinski definition) is 4. The Labute approximate surface area is 110 Å². The van der Waals surface area contributed by atoms with Gasteiger partial charge in [-0.15, -0.1) is 5.10 Å². The number of nitrogens with one attached hydrogen (secondary N) is 2. The lowest BCUT2D eigenvalue weighted by Crippen LogP contribution is -2.14. The highest BCUT2D eigenvalue weighted by Crippen LogP contribution is 2.25. The molecule has 3 rings (SSSR count). The molecule has 0 radical (unpaired) electrons. The fourth-order valence-corrected chi connectivity index (χ4v) is 2.17. The second-order valence-electron chi connectivity index (χ2n) is 4.51. The molecule has 0 fully saturated rings. The number of carbonyl (C=O) groups excluding carboxylic acids is 1. The summed E-state index contributed by atoms with van der Waals surface area (Å²) in [6.45, 7) is 1.51. The number of amides is 1. The van der Waals surface area contributed by atoms with Gasteiger partial charge in [0.05, 0.1) is 12.7 Å². The van der Waals surface area contributed by atoms with Gasteiger partial charge < -0.3 is 10.6 Å². The summed E-state index contributed by atoms with van der Waals surface area (Å²) in [4.78, 5) is 11.8. The second kappa shape index (κ2) is 5.09. The van der Waals surface area contributed by atoms with E-state index in [0.29, 0.717) is 13.0 Å².